The van der Waals surface area contributed by atoms with Gasteiger partial charge in [-0.25, -0.2) is 0 Å². The summed E-state index contributed by atoms with van der Waals surface area (Å²) in [5.74, 6) is -2.87. The van der Waals surface area contributed by atoms with Crippen molar-refractivity contribution < 1.29 is 38.4 Å². The molecule has 13 heteroatoms. The molecule has 0 fully saturated rings. The predicted molar refractivity (Wildman–Crippen MR) is 198 cm³/mol. The molecule has 8 amide bonds. The SMILES string of the molecule is CC(=O)NC(=O)c1cc(C)cc(C)c1.CC(=O)NC(=O)c1ccc(C)cc1.CC(=O)NC(=O)c1ccc(Cl)cc1.CC(=O)NC(=O)c1ccccc1. The van der Waals surface area contributed by atoms with Crippen molar-refractivity contribution in [3.05, 3.63) is 141 Å². The Hall–Kier alpha value is -6.27. The minimum absolute atomic E-state index is 0.339. The summed E-state index contributed by atoms with van der Waals surface area (Å²) < 4.78 is 0. The van der Waals surface area contributed by atoms with Crippen molar-refractivity contribution in [3.63, 3.8) is 0 Å². The summed E-state index contributed by atoms with van der Waals surface area (Å²) in [6, 6.07) is 27.4. The van der Waals surface area contributed by atoms with E-state index in [9.17, 15) is 38.4 Å². The number of halogens is 1. The summed E-state index contributed by atoms with van der Waals surface area (Å²) in [4.78, 5) is 87.2. The smallest absolute Gasteiger partial charge is 0.257 e. The summed E-state index contributed by atoms with van der Waals surface area (Å²) in [5.41, 5.74) is 5.04. The molecule has 0 unspecified atom stereocenters. The van der Waals surface area contributed by atoms with E-state index >= 15 is 0 Å². The van der Waals surface area contributed by atoms with Crippen LogP contribution in [-0.2, 0) is 19.2 Å². The van der Waals surface area contributed by atoms with E-state index < -0.39 is 5.91 Å². The third-order valence-electron chi connectivity index (χ3n) is 6.10. The molecule has 12 nitrogen and oxygen atoms in total. The lowest BCUT2D eigenvalue weighted by molar-refractivity contribution is -0.119. The minimum atomic E-state index is -0.413. The third kappa shape index (κ3) is 18.5. The molecule has 0 saturated heterocycles. The molecule has 0 saturated carbocycles. The molecule has 272 valence electrons. The van der Waals surface area contributed by atoms with Crippen molar-refractivity contribution in [2.75, 3.05) is 0 Å². The molecular weight excluding hydrogens is 688 g/mol. The van der Waals surface area contributed by atoms with Gasteiger partial charge in [-0.1, -0.05) is 64.7 Å². The number of imide groups is 4. The summed E-state index contributed by atoms with van der Waals surface area (Å²) in [6.45, 7) is 11.0. The highest BCUT2D eigenvalue weighted by atomic mass is 35.5. The average molecular weight is 729 g/mol. The molecule has 0 atom stereocenters. The number of aryl methyl sites for hydroxylation is 3. The maximum absolute atomic E-state index is 11.4. The number of benzene rings is 4. The van der Waals surface area contributed by atoms with Gasteiger partial charge in [-0.3, -0.25) is 59.6 Å². The van der Waals surface area contributed by atoms with Gasteiger partial charge in [-0.2, -0.15) is 0 Å². The second-order valence-electron chi connectivity index (χ2n) is 11.2. The lowest BCUT2D eigenvalue weighted by atomic mass is 10.1. The first-order valence-corrected chi connectivity index (χ1v) is 16.0. The van der Waals surface area contributed by atoms with Crippen molar-refractivity contribution in [1.29, 1.82) is 0 Å². The van der Waals surface area contributed by atoms with E-state index in [1.54, 1.807) is 72.8 Å². The van der Waals surface area contributed by atoms with Crippen molar-refractivity contribution in [3.8, 4) is 0 Å². The molecule has 0 bridgehead atoms. The molecule has 0 heterocycles. The zero-order valence-electron chi connectivity index (χ0n) is 29.9. The van der Waals surface area contributed by atoms with Crippen LogP contribution >= 0.6 is 11.6 Å². The van der Waals surface area contributed by atoms with E-state index in [2.05, 4.69) is 21.3 Å². The zero-order valence-corrected chi connectivity index (χ0v) is 30.6. The monoisotopic (exact) mass is 728 g/mol. The highest BCUT2D eigenvalue weighted by molar-refractivity contribution is 6.30. The van der Waals surface area contributed by atoms with Gasteiger partial charge in [0.1, 0.15) is 0 Å². The molecule has 0 aliphatic rings. The first-order chi connectivity index (χ1) is 24.4. The van der Waals surface area contributed by atoms with Crippen LogP contribution in [0, 0.1) is 20.8 Å². The Morgan fingerprint density at radius 2 is 0.692 bits per heavy atom. The van der Waals surface area contributed by atoms with Gasteiger partial charge in [-0.05, 0) is 81.4 Å². The lowest BCUT2D eigenvalue weighted by Crippen LogP contribution is -2.27. The van der Waals surface area contributed by atoms with Crippen LogP contribution in [0.2, 0.25) is 5.02 Å². The van der Waals surface area contributed by atoms with Crippen LogP contribution in [0.3, 0.4) is 0 Å². The normalized spacial score (nSPS) is 9.38. The van der Waals surface area contributed by atoms with Gasteiger partial charge in [0.25, 0.3) is 23.6 Å². The topological polar surface area (TPSA) is 185 Å². The second-order valence-corrected chi connectivity index (χ2v) is 11.6. The van der Waals surface area contributed by atoms with Crippen molar-refractivity contribution >= 4 is 58.9 Å². The van der Waals surface area contributed by atoms with Gasteiger partial charge in [0, 0.05) is 55.0 Å². The fourth-order valence-electron chi connectivity index (χ4n) is 3.93. The van der Waals surface area contributed by atoms with E-state index in [1.807, 2.05) is 45.0 Å². The molecule has 0 aliphatic heterocycles. The number of carbonyl (C=O) groups is 8. The van der Waals surface area contributed by atoms with Crippen molar-refractivity contribution in [2.45, 2.75) is 48.5 Å². The maximum Gasteiger partial charge on any atom is 0.257 e. The molecule has 0 radical (unpaired) electrons. The minimum Gasteiger partial charge on any atom is -0.293 e. The summed E-state index contributed by atoms with van der Waals surface area (Å²) >= 11 is 5.62. The van der Waals surface area contributed by atoms with Gasteiger partial charge in [0.2, 0.25) is 23.6 Å². The van der Waals surface area contributed by atoms with E-state index in [1.165, 1.54) is 27.7 Å². The Morgan fingerprint density at radius 3 is 1.04 bits per heavy atom. The highest BCUT2D eigenvalue weighted by Gasteiger charge is 2.09. The molecular formula is C39H41ClN4O8. The van der Waals surface area contributed by atoms with Gasteiger partial charge >= 0.3 is 0 Å². The quantitative estimate of drug-likeness (QED) is 0.214. The van der Waals surface area contributed by atoms with Crippen LogP contribution < -0.4 is 21.3 Å². The van der Waals surface area contributed by atoms with E-state index in [4.69, 9.17) is 11.6 Å². The first kappa shape index (κ1) is 43.8. The number of hydrogen-bond donors (Lipinski definition) is 4. The van der Waals surface area contributed by atoms with Crippen LogP contribution in [-0.4, -0.2) is 47.3 Å². The van der Waals surface area contributed by atoms with Gasteiger partial charge < -0.3 is 0 Å². The van der Waals surface area contributed by atoms with Crippen LogP contribution in [0.5, 0.6) is 0 Å². The fourth-order valence-corrected chi connectivity index (χ4v) is 4.06. The standard InChI is InChI=1S/C11H13NO2.C10H11NO2.C9H8ClNO2.C9H9NO2/c1-7-4-8(2)6-10(5-7)11(14)12-9(3)13;1-7-3-5-9(6-4-7)10(13)11-8(2)12;1-6(12)11-9(13)7-2-4-8(10)5-3-7;1-7(11)10-9(12)8-5-3-2-4-6-8/h4-6H,1-3H3,(H,12,13,14);3-6H,1-2H3,(H,11,12,13);2-5H,1H3,(H,11,12,13);2-6H,1H3,(H,10,11,12). The lowest BCUT2D eigenvalue weighted by Gasteiger charge is -2.03. The second kappa shape index (κ2) is 22.4. The molecule has 4 rings (SSSR count). The fraction of sp³-hybridized carbons (Fsp3) is 0.179. The average Bonchev–Trinajstić information content (AvgIpc) is 3.05. The Kier molecular flexibility index (Phi) is 18.9. The van der Waals surface area contributed by atoms with Crippen LogP contribution in [0.1, 0.15) is 85.8 Å². The first-order valence-electron chi connectivity index (χ1n) is 15.6. The van der Waals surface area contributed by atoms with Crippen molar-refractivity contribution in [1.82, 2.24) is 21.3 Å². The Labute approximate surface area is 307 Å². The third-order valence-corrected chi connectivity index (χ3v) is 6.35. The summed E-state index contributed by atoms with van der Waals surface area (Å²) in [6.07, 6.45) is 0. The number of carbonyl (C=O) groups excluding carboxylic acids is 8. The number of hydrogen-bond acceptors (Lipinski definition) is 8. The van der Waals surface area contributed by atoms with E-state index in [-0.39, 0.29) is 41.4 Å². The largest absolute Gasteiger partial charge is 0.293 e. The molecule has 4 N–H and O–H groups in total. The van der Waals surface area contributed by atoms with Gasteiger partial charge in [0.05, 0.1) is 0 Å². The summed E-state index contributed by atoms with van der Waals surface area (Å²) in [7, 11) is 0. The molecule has 0 aliphatic carbocycles. The zero-order chi connectivity index (χ0) is 39.4. The molecule has 52 heavy (non-hydrogen) atoms. The van der Waals surface area contributed by atoms with Gasteiger partial charge in [0.15, 0.2) is 0 Å². The number of amides is 8. The van der Waals surface area contributed by atoms with Crippen LogP contribution in [0.25, 0.3) is 0 Å². The maximum atomic E-state index is 11.4. The molecule has 4 aromatic rings. The highest BCUT2D eigenvalue weighted by Crippen LogP contribution is 2.10. The van der Waals surface area contributed by atoms with Gasteiger partial charge in [-0.15, -0.1) is 0 Å². The molecule has 4 aromatic carbocycles. The van der Waals surface area contributed by atoms with E-state index in [0.29, 0.717) is 27.3 Å². The van der Waals surface area contributed by atoms with E-state index in [0.717, 1.165) is 16.7 Å². The molecule has 0 spiro atoms. The van der Waals surface area contributed by atoms with Crippen molar-refractivity contribution in [2.24, 2.45) is 0 Å². The predicted octanol–water partition coefficient (Wildman–Crippen LogP) is 5.43. The summed E-state index contributed by atoms with van der Waals surface area (Å²) in [5, 5.41) is 9.33. The number of rotatable bonds is 4. The number of nitrogens with one attached hydrogen (secondary N) is 4. The van der Waals surface area contributed by atoms with Crippen LogP contribution in [0.4, 0.5) is 0 Å². The van der Waals surface area contributed by atoms with Crippen LogP contribution in [0.15, 0.2) is 97.1 Å². The molecule has 0 aromatic heterocycles. The Balaban J connectivity index is 0.000000347. The Morgan fingerprint density at radius 1 is 0.385 bits per heavy atom. The Bertz CT molecular complexity index is 1800.